The first-order chi connectivity index (χ1) is 6.79. The van der Waals surface area contributed by atoms with Gasteiger partial charge in [-0.15, -0.1) is 0 Å². The first-order valence-corrected chi connectivity index (χ1v) is 4.59. The Morgan fingerprint density at radius 1 is 1.27 bits per heavy atom. The molecule has 0 atom stereocenters. The average molecular weight is 213 g/mol. The predicted molar refractivity (Wildman–Crippen MR) is 53.3 cm³/mol. The van der Waals surface area contributed by atoms with Crippen molar-refractivity contribution in [2.24, 2.45) is 0 Å². The molecule has 1 aliphatic rings. The monoisotopic (exact) mass is 213 g/mol. The third-order valence-corrected chi connectivity index (χ3v) is 1.73. The lowest BCUT2D eigenvalue weighted by Gasteiger charge is -2.22. The van der Waals surface area contributed by atoms with E-state index in [1.54, 1.807) is 32.9 Å². The summed E-state index contributed by atoms with van der Waals surface area (Å²) in [7, 11) is 1.26. The largest absolute Gasteiger partial charge is 0.467 e. The van der Waals surface area contributed by atoms with E-state index in [0.29, 0.717) is 0 Å². The summed E-state index contributed by atoms with van der Waals surface area (Å²) in [5.41, 5.74) is -1.67. The molecule has 0 unspecified atom stereocenters. The van der Waals surface area contributed by atoms with E-state index in [2.05, 4.69) is 10.1 Å². The molecule has 0 bridgehead atoms. The number of rotatable bonds is 2. The maximum Gasteiger partial charge on any atom is 0.409 e. The zero-order valence-corrected chi connectivity index (χ0v) is 9.29. The van der Waals surface area contributed by atoms with E-state index >= 15 is 0 Å². The van der Waals surface area contributed by atoms with Crippen LogP contribution in [0.2, 0.25) is 0 Å². The van der Waals surface area contributed by atoms with E-state index in [-0.39, 0.29) is 0 Å². The maximum atomic E-state index is 11.4. The standard InChI is InChI=1S/C10H15NO4/c1-9(2,3)15-8(13)11-10(5-6-10)7(12)14-4/h5-6H,1-4H3,(H,11,13). The van der Waals surface area contributed by atoms with E-state index in [0.717, 1.165) is 0 Å². The molecular weight excluding hydrogens is 198 g/mol. The van der Waals surface area contributed by atoms with Crippen LogP contribution in [-0.4, -0.2) is 30.3 Å². The fourth-order valence-electron chi connectivity index (χ4n) is 0.995. The molecule has 84 valence electrons. The molecule has 0 heterocycles. The molecule has 1 rings (SSSR count). The van der Waals surface area contributed by atoms with Crippen molar-refractivity contribution < 1.29 is 19.1 Å². The molecule has 0 aromatic heterocycles. The molecule has 15 heavy (non-hydrogen) atoms. The number of hydrogen-bond acceptors (Lipinski definition) is 4. The number of hydrogen-bond donors (Lipinski definition) is 1. The summed E-state index contributed by atoms with van der Waals surface area (Å²) in [4.78, 5) is 22.6. The highest BCUT2D eigenvalue weighted by atomic mass is 16.6. The zero-order chi connectivity index (χ0) is 11.7. The molecule has 0 aromatic carbocycles. The lowest BCUT2D eigenvalue weighted by Crippen LogP contribution is -2.47. The van der Waals surface area contributed by atoms with E-state index in [4.69, 9.17) is 4.74 Å². The molecule has 0 spiro atoms. The zero-order valence-electron chi connectivity index (χ0n) is 9.29. The molecule has 0 saturated heterocycles. The summed E-state index contributed by atoms with van der Waals surface area (Å²) in [6, 6.07) is 0. The van der Waals surface area contributed by atoms with Crippen molar-refractivity contribution in [3.63, 3.8) is 0 Å². The highest BCUT2D eigenvalue weighted by Crippen LogP contribution is 2.25. The molecule has 1 aliphatic carbocycles. The highest BCUT2D eigenvalue weighted by molar-refractivity contribution is 5.95. The third-order valence-electron chi connectivity index (χ3n) is 1.73. The summed E-state index contributed by atoms with van der Waals surface area (Å²) >= 11 is 0. The lowest BCUT2D eigenvalue weighted by molar-refractivity contribution is -0.143. The van der Waals surface area contributed by atoms with Crippen LogP contribution in [0.1, 0.15) is 20.8 Å². The Bertz CT molecular complexity index is 308. The molecule has 0 saturated carbocycles. The Hall–Kier alpha value is -1.52. The van der Waals surface area contributed by atoms with E-state index in [9.17, 15) is 9.59 Å². The van der Waals surface area contributed by atoms with Gasteiger partial charge in [0.2, 0.25) is 0 Å². The summed E-state index contributed by atoms with van der Waals surface area (Å²) in [6.45, 7) is 5.24. The second-order valence-corrected chi connectivity index (χ2v) is 4.32. The molecule has 5 nitrogen and oxygen atoms in total. The van der Waals surface area contributed by atoms with Crippen molar-refractivity contribution in [2.75, 3.05) is 7.11 Å². The van der Waals surface area contributed by atoms with Gasteiger partial charge in [0.15, 0.2) is 5.54 Å². The van der Waals surface area contributed by atoms with Crippen LogP contribution in [-0.2, 0) is 14.3 Å². The van der Waals surface area contributed by atoms with Crippen LogP contribution >= 0.6 is 0 Å². The van der Waals surface area contributed by atoms with Gasteiger partial charge in [-0.25, -0.2) is 9.59 Å². The SMILES string of the molecule is COC(=O)C1(NC(=O)OC(C)(C)C)C=C1. The van der Waals surface area contributed by atoms with Crippen molar-refractivity contribution >= 4 is 12.1 Å². The number of nitrogens with one attached hydrogen (secondary N) is 1. The number of carbonyl (C=O) groups is 2. The Morgan fingerprint density at radius 2 is 1.80 bits per heavy atom. The van der Waals surface area contributed by atoms with Gasteiger partial charge < -0.3 is 9.47 Å². The van der Waals surface area contributed by atoms with Crippen LogP contribution in [0.3, 0.4) is 0 Å². The van der Waals surface area contributed by atoms with Crippen molar-refractivity contribution in [3.8, 4) is 0 Å². The quantitative estimate of drug-likeness (QED) is 0.549. The fraction of sp³-hybridized carbons (Fsp3) is 0.600. The van der Waals surface area contributed by atoms with E-state index in [1.807, 2.05) is 0 Å². The minimum Gasteiger partial charge on any atom is -0.467 e. The first-order valence-electron chi connectivity index (χ1n) is 4.59. The molecule has 5 heteroatoms. The second kappa shape index (κ2) is 3.56. The van der Waals surface area contributed by atoms with Crippen LogP contribution in [0, 0.1) is 0 Å². The number of amides is 1. The second-order valence-electron chi connectivity index (χ2n) is 4.32. The van der Waals surface area contributed by atoms with Gasteiger partial charge in [-0.1, -0.05) is 0 Å². The molecule has 0 aromatic rings. The first kappa shape index (κ1) is 11.6. The number of alkyl carbamates (subject to hydrolysis) is 1. The van der Waals surface area contributed by atoms with Gasteiger partial charge >= 0.3 is 12.1 Å². The Morgan fingerprint density at radius 3 is 2.13 bits per heavy atom. The minimum absolute atomic E-state index is 0.520. The number of methoxy groups -OCH3 is 1. The van der Waals surface area contributed by atoms with Gasteiger partial charge in [0.05, 0.1) is 7.11 Å². The average Bonchev–Trinajstić information content (AvgIpc) is 2.80. The Labute approximate surface area is 88.4 Å². The van der Waals surface area contributed by atoms with Crippen LogP contribution < -0.4 is 5.32 Å². The Kier molecular flexibility index (Phi) is 2.75. The molecule has 0 radical (unpaired) electrons. The maximum absolute atomic E-state index is 11.4. The third kappa shape index (κ3) is 2.97. The Balaban J connectivity index is 2.49. The van der Waals surface area contributed by atoms with Gasteiger partial charge in [-0.3, -0.25) is 5.32 Å². The summed E-state index contributed by atoms with van der Waals surface area (Å²) < 4.78 is 9.55. The van der Waals surface area contributed by atoms with Gasteiger partial charge in [0.1, 0.15) is 5.60 Å². The van der Waals surface area contributed by atoms with Crippen LogP contribution in [0.25, 0.3) is 0 Å². The van der Waals surface area contributed by atoms with Crippen molar-refractivity contribution in [2.45, 2.75) is 31.9 Å². The molecular formula is C10H15NO4. The number of esters is 1. The van der Waals surface area contributed by atoms with Gasteiger partial charge in [0.25, 0.3) is 0 Å². The van der Waals surface area contributed by atoms with Gasteiger partial charge in [-0.05, 0) is 32.9 Å². The molecule has 0 aliphatic heterocycles. The smallest absolute Gasteiger partial charge is 0.409 e. The van der Waals surface area contributed by atoms with Crippen molar-refractivity contribution in [1.82, 2.24) is 5.32 Å². The van der Waals surface area contributed by atoms with Crippen molar-refractivity contribution in [3.05, 3.63) is 12.2 Å². The van der Waals surface area contributed by atoms with Crippen LogP contribution in [0.5, 0.6) is 0 Å². The summed E-state index contributed by atoms with van der Waals surface area (Å²) in [5.74, 6) is -0.520. The number of ether oxygens (including phenoxy) is 2. The van der Waals surface area contributed by atoms with Gasteiger partial charge in [-0.2, -0.15) is 0 Å². The molecule has 1 amide bonds. The lowest BCUT2D eigenvalue weighted by atomic mass is 10.2. The van der Waals surface area contributed by atoms with Crippen molar-refractivity contribution in [1.29, 1.82) is 0 Å². The van der Waals surface area contributed by atoms with Crippen LogP contribution in [0.4, 0.5) is 4.79 Å². The molecule has 0 fully saturated rings. The van der Waals surface area contributed by atoms with Crippen LogP contribution in [0.15, 0.2) is 12.2 Å². The summed E-state index contributed by atoms with van der Waals surface area (Å²) in [6.07, 6.45) is 2.45. The number of carbonyl (C=O) groups excluding carboxylic acids is 2. The summed E-state index contributed by atoms with van der Waals surface area (Å²) in [5, 5.41) is 2.43. The van der Waals surface area contributed by atoms with Gasteiger partial charge in [0, 0.05) is 0 Å². The van der Waals surface area contributed by atoms with E-state index < -0.39 is 23.2 Å². The molecule has 1 N–H and O–H groups in total. The minimum atomic E-state index is -1.09. The normalized spacial score (nSPS) is 16.8. The van der Waals surface area contributed by atoms with E-state index in [1.165, 1.54) is 7.11 Å². The highest BCUT2D eigenvalue weighted by Gasteiger charge is 2.46. The fourth-order valence-corrected chi connectivity index (χ4v) is 0.995. The predicted octanol–water partition coefficient (Wildman–Crippen LogP) is 0.993. The topological polar surface area (TPSA) is 64.6 Å².